The lowest BCUT2D eigenvalue weighted by Gasteiger charge is -2.37. The van der Waals surface area contributed by atoms with Gasteiger partial charge in [0.05, 0.1) is 17.7 Å². The average Bonchev–Trinajstić information content (AvgIpc) is 2.88. The highest BCUT2D eigenvalue weighted by Crippen LogP contribution is 2.35. The van der Waals surface area contributed by atoms with Gasteiger partial charge < -0.3 is 9.84 Å². The van der Waals surface area contributed by atoms with E-state index in [0.29, 0.717) is 24.6 Å². The second kappa shape index (κ2) is 5.98. The second-order valence-corrected chi connectivity index (χ2v) is 6.09. The number of hydrogen-bond acceptors (Lipinski definition) is 3. The fraction of sp³-hybridized carbons (Fsp3) is 0.600. The molecule has 0 amide bonds. The zero-order valence-corrected chi connectivity index (χ0v) is 12.0. The molecule has 5 heteroatoms. The van der Waals surface area contributed by atoms with Gasteiger partial charge in [-0.05, 0) is 24.8 Å². The minimum absolute atomic E-state index is 0.170. The molecule has 1 saturated heterocycles. The lowest BCUT2D eigenvalue weighted by molar-refractivity contribution is -0.0593. The highest BCUT2D eigenvalue weighted by atomic mass is 35.5. The van der Waals surface area contributed by atoms with E-state index in [1.807, 2.05) is 0 Å². The average molecular weight is 300 g/mol. The van der Waals surface area contributed by atoms with Crippen LogP contribution < -0.4 is 0 Å². The maximum Gasteiger partial charge on any atom is 0.146 e. The molecule has 20 heavy (non-hydrogen) atoms. The van der Waals surface area contributed by atoms with E-state index in [9.17, 15) is 9.50 Å². The summed E-state index contributed by atoms with van der Waals surface area (Å²) in [5.41, 5.74) is 0.630. The lowest BCUT2D eigenvalue weighted by atomic mass is 10.1. The molecule has 3 rings (SSSR count). The lowest BCUT2D eigenvalue weighted by Crippen LogP contribution is -2.48. The molecule has 1 aliphatic heterocycles. The molecule has 0 bridgehead atoms. The van der Waals surface area contributed by atoms with Crippen LogP contribution >= 0.6 is 11.6 Å². The molecule has 1 unspecified atom stereocenters. The number of fused-ring (bicyclic) bond motifs is 1. The Balaban J connectivity index is 1.75. The van der Waals surface area contributed by atoms with Gasteiger partial charge in [-0.3, -0.25) is 4.90 Å². The molecule has 0 spiro atoms. The number of rotatable bonds is 3. The molecule has 0 aromatic heterocycles. The maximum atomic E-state index is 14.0. The Morgan fingerprint density at radius 3 is 3.05 bits per heavy atom. The predicted molar refractivity (Wildman–Crippen MR) is 75.2 cm³/mol. The Morgan fingerprint density at radius 2 is 2.25 bits per heavy atom. The van der Waals surface area contributed by atoms with Gasteiger partial charge in [-0.2, -0.15) is 0 Å². The summed E-state index contributed by atoms with van der Waals surface area (Å²) in [5, 5.41) is 9.49. The molecule has 1 N–H and O–H groups in total. The first-order chi connectivity index (χ1) is 9.69. The summed E-state index contributed by atoms with van der Waals surface area (Å²) in [4.78, 5) is 2.26. The summed E-state index contributed by atoms with van der Waals surface area (Å²) in [6, 6.07) is 5.41. The Kier molecular flexibility index (Phi) is 4.26. The van der Waals surface area contributed by atoms with Gasteiger partial charge in [-0.15, -0.1) is 0 Å². The topological polar surface area (TPSA) is 32.7 Å². The van der Waals surface area contributed by atoms with E-state index >= 15 is 0 Å². The maximum absolute atomic E-state index is 14.0. The summed E-state index contributed by atoms with van der Waals surface area (Å²) in [7, 11) is 0. The third-order valence-electron chi connectivity index (χ3n) is 4.41. The summed E-state index contributed by atoms with van der Waals surface area (Å²) in [6.45, 7) is 2.22. The summed E-state index contributed by atoms with van der Waals surface area (Å²) in [6.07, 6.45) is 1.99. The number of ether oxygens (including phenoxy) is 1. The van der Waals surface area contributed by atoms with Crippen LogP contribution in [0.15, 0.2) is 18.2 Å². The fourth-order valence-corrected chi connectivity index (χ4v) is 3.55. The SMILES string of the molecule is OC[C@H]1CC2OCCN(Cc3cccc(Cl)c3F)[C@H]2C1. The van der Waals surface area contributed by atoms with Crippen LogP contribution in [-0.4, -0.2) is 41.9 Å². The van der Waals surface area contributed by atoms with Crippen molar-refractivity contribution in [3.05, 3.63) is 34.6 Å². The van der Waals surface area contributed by atoms with Gasteiger partial charge in [0.25, 0.3) is 0 Å². The molecule has 3 nitrogen and oxygen atoms in total. The molecule has 0 radical (unpaired) electrons. The molecule has 1 aromatic carbocycles. The molecular formula is C15H19ClFNO2. The van der Waals surface area contributed by atoms with Crippen molar-refractivity contribution in [3.8, 4) is 0 Å². The fourth-order valence-electron chi connectivity index (χ4n) is 3.36. The van der Waals surface area contributed by atoms with Crippen molar-refractivity contribution < 1.29 is 14.2 Å². The normalized spacial score (nSPS) is 30.4. The molecule has 2 aliphatic rings. The highest BCUT2D eigenvalue weighted by molar-refractivity contribution is 6.30. The quantitative estimate of drug-likeness (QED) is 0.930. The Morgan fingerprint density at radius 1 is 1.40 bits per heavy atom. The van der Waals surface area contributed by atoms with Crippen LogP contribution in [-0.2, 0) is 11.3 Å². The predicted octanol–water partition coefficient (Wildman–Crippen LogP) is 2.45. The van der Waals surface area contributed by atoms with E-state index in [4.69, 9.17) is 16.3 Å². The van der Waals surface area contributed by atoms with Gasteiger partial charge in [0, 0.05) is 31.3 Å². The van der Waals surface area contributed by atoms with E-state index < -0.39 is 0 Å². The van der Waals surface area contributed by atoms with Crippen LogP contribution in [0.4, 0.5) is 4.39 Å². The number of morpholine rings is 1. The Bertz CT molecular complexity index is 485. The smallest absolute Gasteiger partial charge is 0.146 e. The second-order valence-electron chi connectivity index (χ2n) is 5.68. The van der Waals surface area contributed by atoms with Crippen molar-refractivity contribution >= 4 is 11.6 Å². The number of aliphatic hydroxyl groups excluding tert-OH is 1. The van der Waals surface area contributed by atoms with E-state index in [1.54, 1.807) is 18.2 Å². The molecule has 1 heterocycles. The van der Waals surface area contributed by atoms with E-state index in [0.717, 1.165) is 19.4 Å². The zero-order chi connectivity index (χ0) is 14.1. The van der Waals surface area contributed by atoms with Crippen LogP contribution in [0, 0.1) is 11.7 Å². The third kappa shape index (κ3) is 2.70. The van der Waals surface area contributed by atoms with Crippen molar-refractivity contribution in [2.75, 3.05) is 19.8 Å². The van der Waals surface area contributed by atoms with Gasteiger partial charge in [-0.1, -0.05) is 23.7 Å². The molecule has 1 aliphatic carbocycles. The summed E-state index contributed by atoms with van der Waals surface area (Å²) in [5.74, 6) is -0.0243. The first-order valence-electron chi connectivity index (χ1n) is 7.08. The van der Waals surface area contributed by atoms with E-state index in [2.05, 4.69) is 4.90 Å². The molecule has 3 atom stereocenters. The first-order valence-corrected chi connectivity index (χ1v) is 7.46. The first kappa shape index (κ1) is 14.3. The molecule has 110 valence electrons. The molecule has 2 fully saturated rings. The van der Waals surface area contributed by atoms with Crippen molar-refractivity contribution in [1.82, 2.24) is 4.90 Å². The molecular weight excluding hydrogens is 281 g/mol. The summed E-state index contributed by atoms with van der Waals surface area (Å²) < 4.78 is 19.8. The van der Waals surface area contributed by atoms with Crippen molar-refractivity contribution in [2.24, 2.45) is 5.92 Å². The van der Waals surface area contributed by atoms with Crippen LogP contribution in [0.5, 0.6) is 0 Å². The van der Waals surface area contributed by atoms with Gasteiger partial charge >= 0.3 is 0 Å². The largest absolute Gasteiger partial charge is 0.396 e. The third-order valence-corrected chi connectivity index (χ3v) is 4.70. The standard InChI is InChI=1S/C15H19ClFNO2/c16-12-3-1-2-11(15(12)17)8-18-4-5-20-14-7-10(9-19)6-13(14)18/h1-3,10,13-14,19H,4-9H2/t10-,13+,14?/m1/s1. The number of aliphatic hydroxyl groups is 1. The number of nitrogens with zero attached hydrogens (tertiary/aromatic N) is 1. The Hall–Kier alpha value is -0.680. The van der Waals surface area contributed by atoms with Crippen LogP contribution in [0.2, 0.25) is 5.02 Å². The number of halogens is 2. The van der Waals surface area contributed by atoms with Crippen molar-refractivity contribution in [1.29, 1.82) is 0 Å². The van der Waals surface area contributed by atoms with Gasteiger partial charge in [0.2, 0.25) is 0 Å². The van der Waals surface area contributed by atoms with Gasteiger partial charge in [0.15, 0.2) is 0 Å². The van der Waals surface area contributed by atoms with Crippen LogP contribution in [0.25, 0.3) is 0 Å². The highest BCUT2D eigenvalue weighted by Gasteiger charge is 2.40. The number of benzene rings is 1. The monoisotopic (exact) mass is 299 g/mol. The van der Waals surface area contributed by atoms with Crippen molar-refractivity contribution in [3.63, 3.8) is 0 Å². The van der Waals surface area contributed by atoms with Crippen LogP contribution in [0.1, 0.15) is 18.4 Å². The zero-order valence-electron chi connectivity index (χ0n) is 11.3. The van der Waals surface area contributed by atoms with Crippen LogP contribution in [0.3, 0.4) is 0 Å². The van der Waals surface area contributed by atoms with Gasteiger partial charge in [0.1, 0.15) is 5.82 Å². The van der Waals surface area contributed by atoms with E-state index in [-0.39, 0.29) is 29.6 Å². The Labute approximate surface area is 123 Å². The minimum Gasteiger partial charge on any atom is -0.396 e. The minimum atomic E-state index is -0.325. The summed E-state index contributed by atoms with van der Waals surface area (Å²) >= 11 is 5.84. The van der Waals surface area contributed by atoms with E-state index in [1.165, 1.54) is 0 Å². The molecule has 1 saturated carbocycles. The number of hydrogen-bond donors (Lipinski definition) is 1. The van der Waals surface area contributed by atoms with Crippen molar-refractivity contribution in [2.45, 2.75) is 31.5 Å². The molecule has 1 aromatic rings. The van der Waals surface area contributed by atoms with Gasteiger partial charge in [-0.25, -0.2) is 4.39 Å².